The first-order chi connectivity index (χ1) is 8.13. The van der Waals surface area contributed by atoms with E-state index in [1.807, 2.05) is 18.7 Å². The number of nitriles is 1. The van der Waals surface area contributed by atoms with Gasteiger partial charge in [0.05, 0.1) is 21.9 Å². The molecule has 0 atom stereocenters. The summed E-state index contributed by atoms with van der Waals surface area (Å²) in [5.74, 6) is 0. The largest absolute Gasteiger partial charge is 0.294 e. The summed E-state index contributed by atoms with van der Waals surface area (Å²) in [6, 6.07) is 2.90. The molecule has 0 aliphatic heterocycles. The van der Waals surface area contributed by atoms with Crippen molar-refractivity contribution in [3.63, 3.8) is 0 Å². The highest BCUT2D eigenvalue weighted by Crippen LogP contribution is 2.30. The Morgan fingerprint density at radius 3 is 2.76 bits per heavy atom. The highest BCUT2D eigenvalue weighted by Gasteiger charge is 2.29. The third-order valence-electron chi connectivity index (χ3n) is 3.19. The first-order valence-corrected chi connectivity index (χ1v) is 6.71. The van der Waals surface area contributed by atoms with Gasteiger partial charge in [0, 0.05) is 32.6 Å². The van der Waals surface area contributed by atoms with Crippen LogP contribution in [0.3, 0.4) is 0 Å². The van der Waals surface area contributed by atoms with Gasteiger partial charge in [-0.3, -0.25) is 9.58 Å². The van der Waals surface area contributed by atoms with E-state index in [-0.39, 0.29) is 0 Å². The van der Waals surface area contributed by atoms with E-state index in [0.29, 0.717) is 12.5 Å². The summed E-state index contributed by atoms with van der Waals surface area (Å²) >= 11 is 3.59. The van der Waals surface area contributed by atoms with Gasteiger partial charge in [0.2, 0.25) is 0 Å². The third-order valence-corrected chi connectivity index (χ3v) is 4.22. The molecule has 4 nitrogen and oxygen atoms in total. The molecule has 17 heavy (non-hydrogen) atoms. The van der Waals surface area contributed by atoms with Crippen LogP contribution in [-0.4, -0.2) is 27.3 Å². The van der Waals surface area contributed by atoms with Crippen LogP contribution < -0.4 is 0 Å². The van der Waals surface area contributed by atoms with Crippen LogP contribution in [0.15, 0.2) is 4.47 Å². The summed E-state index contributed by atoms with van der Waals surface area (Å²) < 4.78 is 3.03. The maximum atomic E-state index is 8.69. The van der Waals surface area contributed by atoms with Gasteiger partial charge in [0.1, 0.15) is 0 Å². The van der Waals surface area contributed by atoms with Gasteiger partial charge in [-0.2, -0.15) is 10.4 Å². The summed E-state index contributed by atoms with van der Waals surface area (Å²) in [7, 11) is 1.97. The molecule has 0 bridgehead atoms. The molecule has 1 aliphatic rings. The second-order valence-electron chi connectivity index (χ2n) is 4.58. The molecule has 5 heteroatoms. The predicted octanol–water partition coefficient (Wildman–Crippen LogP) is 2.37. The van der Waals surface area contributed by atoms with Crippen molar-refractivity contribution in [2.24, 2.45) is 7.05 Å². The summed E-state index contributed by atoms with van der Waals surface area (Å²) in [4.78, 5) is 2.39. The molecule has 1 aromatic heterocycles. The van der Waals surface area contributed by atoms with Crippen molar-refractivity contribution in [3.05, 3.63) is 15.9 Å². The van der Waals surface area contributed by atoms with E-state index in [0.717, 1.165) is 23.3 Å². The molecule has 1 fully saturated rings. The van der Waals surface area contributed by atoms with Gasteiger partial charge in [0.15, 0.2) is 0 Å². The topological polar surface area (TPSA) is 44.9 Å². The molecule has 1 aromatic rings. The predicted molar refractivity (Wildman–Crippen MR) is 69.3 cm³/mol. The quantitative estimate of drug-likeness (QED) is 0.838. The van der Waals surface area contributed by atoms with Crippen molar-refractivity contribution in [1.82, 2.24) is 14.7 Å². The van der Waals surface area contributed by atoms with E-state index < -0.39 is 0 Å². The van der Waals surface area contributed by atoms with Gasteiger partial charge >= 0.3 is 0 Å². The number of rotatable bonds is 5. The van der Waals surface area contributed by atoms with Gasteiger partial charge in [-0.15, -0.1) is 0 Å². The van der Waals surface area contributed by atoms with E-state index in [4.69, 9.17) is 5.26 Å². The standard InChI is InChI=1S/C12H17BrN4/c1-9-12(13)11(16(2)15-9)8-17(7-3-6-14)10-4-5-10/h10H,3-5,7-8H2,1-2H3. The van der Waals surface area contributed by atoms with Crippen LogP contribution >= 0.6 is 15.9 Å². The third kappa shape index (κ3) is 2.88. The Morgan fingerprint density at radius 1 is 1.59 bits per heavy atom. The van der Waals surface area contributed by atoms with Crippen LogP contribution in [-0.2, 0) is 13.6 Å². The number of aromatic nitrogens is 2. The molecule has 0 radical (unpaired) electrons. The smallest absolute Gasteiger partial charge is 0.0739 e. The Hall–Kier alpha value is -0.860. The normalized spacial score (nSPS) is 15.2. The number of halogens is 1. The minimum Gasteiger partial charge on any atom is -0.294 e. The zero-order chi connectivity index (χ0) is 12.4. The molecular formula is C12H17BrN4. The minimum atomic E-state index is 0.602. The molecule has 0 unspecified atom stereocenters. The van der Waals surface area contributed by atoms with Crippen LogP contribution in [0.2, 0.25) is 0 Å². The van der Waals surface area contributed by atoms with Crippen molar-refractivity contribution < 1.29 is 0 Å². The zero-order valence-corrected chi connectivity index (χ0v) is 11.9. The monoisotopic (exact) mass is 296 g/mol. The number of aryl methyl sites for hydroxylation is 2. The molecule has 2 rings (SSSR count). The lowest BCUT2D eigenvalue weighted by atomic mass is 10.3. The Labute approximate surface area is 110 Å². The van der Waals surface area contributed by atoms with E-state index in [1.165, 1.54) is 18.5 Å². The van der Waals surface area contributed by atoms with Gasteiger partial charge in [-0.1, -0.05) is 0 Å². The van der Waals surface area contributed by atoms with E-state index in [9.17, 15) is 0 Å². The van der Waals surface area contributed by atoms with Gasteiger partial charge in [-0.05, 0) is 35.7 Å². The molecule has 92 valence electrons. The number of hydrogen-bond donors (Lipinski definition) is 0. The molecule has 1 saturated carbocycles. The Balaban J connectivity index is 2.09. The number of nitrogens with zero attached hydrogens (tertiary/aromatic N) is 4. The average Bonchev–Trinajstić information content (AvgIpc) is 3.09. The van der Waals surface area contributed by atoms with Crippen LogP contribution in [0, 0.1) is 18.3 Å². The fourth-order valence-corrected chi connectivity index (χ4v) is 2.53. The van der Waals surface area contributed by atoms with E-state index in [2.05, 4.69) is 32.0 Å². The molecule has 0 spiro atoms. The summed E-state index contributed by atoms with van der Waals surface area (Å²) in [6.07, 6.45) is 3.13. The SMILES string of the molecule is Cc1nn(C)c(CN(CCC#N)C2CC2)c1Br. The van der Waals surface area contributed by atoms with Crippen LogP contribution in [0.5, 0.6) is 0 Å². The fourth-order valence-electron chi connectivity index (χ4n) is 2.07. The molecular weight excluding hydrogens is 280 g/mol. The van der Waals surface area contributed by atoms with Crippen molar-refractivity contribution in [3.8, 4) is 6.07 Å². The second kappa shape index (κ2) is 5.19. The van der Waals surface area contributed by atoms with Crippen molar-refractivity contribution in [2.45, 2.75) is 38.8 Å². The summed E-state index contributed by atoms with van der Waals surface area (Å²) in [5.41, 5.74) is 2.23. The van der Waals surface area contributed by atoms with E-state index >= 15 is 0 Å². The van der Waals surface area contributed by atoms with Crippen molar-refractivity contribution in [1.29, 1.82) is 5.26 Å². The fraction of sp³-hybridized carbons (Fsp3) is 0.667. The first kappa shape index (κ1) is 12.6. The van der Waals surface area contributed by atoms with Crippen LogP contribution in [0.4, 0.5) is 0 Å². The maximum absolute atomic E-state index is 8.69. The average molecular weight is 297 g/mol. The van der Waals surface area contributed by atoms with Crippen LogP contribution in [0.1, 0.15) is 30.7 Å². The maximum Gasteiger partial charge on any atom is 0.0739 e. The lowest BCUT2D eigenvalue weighted by molar-refractivity contribution is 0.253. The molecule has 1 aliphatic carbocycles. The second-order valence-corrected chi connectivity index (χ2v) is 5.37. The summed E-state index contributed by atoms with van der Waals surface area (Å²) in [6.45, 7) is 3.74. The Morgan fingerprint density at radius 2 is 2.29 bits per heavy atom. The highest BCUT2D eigenvalue weighted by atomic mass is 79.9. The van der Waals surface area contributed by atoms with Gasteiger partial charge in [0.25, 0.3) is 0 Å². The lowest BCUT2D eigenvalue weighted by Crippen LogP contribution is -2.27. The molecule has 0 amide bonds. The zero-order valence-electron chi connectivity index (χ0n) is 10.3. The van der Waals surface area contributed by atoms with Gasteiger partial charge < -0.3 is 0 Å². The van der Waals surface area contributed by atoms with Crippen molar-refractivity contribution in [2.75, 3.05) is 6.54 Å². The Bertz CT molecular complexity index is 442. The minimum absolute atomic E-state index is 0.602. The molecule has 1 heterocycles. The molecule has 0 saturated heterocycles. The molecule has 0 aromatic carbocycles. The Kier molecular flexibility index (Phi) is 3.85. The number of hydrogen-bond acceptors (Lipinski definition) is 3. The van der Waals surface area contributed by atoms with Crippen LogP contribution in [0.25, 0.3) is 0 Å². The summed E-state index contributed by atoms with van der Waals surface area (Å²) in [5, 5.41) is 13.1. The molecule has 0 N–H and O–H groups in total. The first-order valence-electron chi connectivity index (χ1n) is 5.92. The lowest BCUT2D eigenvalue weighted by Gasteiger charge is -2.20. The van der Waals surface area contributed by atoms with Gasteiger partial charge in [-0.25, -0.2) is 0 Å². The van der Waals surface area contributed by atoms with Crippen molar-refractivity contribution >= 4 is 15.9 Å². The van der Waals surface area contributed by atoms with E-state index in [1.54, 1.807) is 0 Å². The highest BCUT2D eigenvalue weighted by molar-refractivity contribution is 9.10.